The van der Waals surface area contributed by atoms with E-state index in [1.54, 1.807) is 42.8 Å². The summed E-state index contributed by atoms with van der Waals surface area (Å²) in [5.74, 6) is 6.04. The van der Waals surface area contributed by atoms with Gasteiger partial charge in [0.15, 0.2) is 0 Å². The standard InChI is InChI=1S/C42H46F3N9O6/c1-41(2,58)31-23-33-29(22-34(31)49-39(56)32-6-3-7-35(48-32)42(43,44)45)26-54(51-33)30-10-8-28(9-11-30)24-46-14-18-60-20-19-59-17-4-5-27-12-15-52-36(21-27)47-25-38(52)53-16-13-37(55)50-40(53)57/h3,6-7,12,15,21-23,25-26,28,30,46,58H,8-11,13-14,16-20,24H2,1-2H3,(H,49,56)(H,50,55,57). The van der Waals surface area contributed by atoms with Gasteiger partial charge in [0.2, 0.25) is 5.91 Å². The summed E-state index contributed by atoms with van der Waals surface area (Å²) >= 11 is 0. The van der Waals surface area contributed by atoms with Gasteiger partial charge in [0.25, 0.3) is 5.91 Å². The molecule has 1 aliphatic carbocycles. The summed E-state index contributed by atoms with van der Waals surface area (Å²) < 4.78 is 54.6. The smallest absolute Gasteiger partial charge is 0.386 e. The summed E-state index contributed by atoms with van der Waals surface area (Å²) in [5, 5.41) is 24.9. The van der Waals surface area contributed by atoms with E-state index in [1.807, 2.05) is 23.0 Å². The number of amides is 4. The van der Waals surface area contributed by atoms with Crippen LogP contribution in [0.3, 0.4) is 0 Å². The van der Waals surface area contributed by atoms with E-state index >= 15 is 0 Å². The van der Waals surface area contributed by atoms with Crippen molar-refractivity contribution in [2.75, 3.05) is 56.3 Å². The maximum atomic E-state index is 13.2. The molecule has 0 radical (unpaired) electrons. The quantitative estimate of drug-likeness (QED) is 0.0834. The average Bonchev–Trinajstić information content (AvgIpc) is 3.83. The molecule has 4 N–H and O–H groups in total. The molecule has 1 saturated carbocycles. The molecule has 7 rings (SSSR count). The summed E-state index contributed by atoms with van der Waals surface area (Å²) in [6.45, 7) is 6.67. The number of nitrogens with one attached hydrogen (secondary N) is 3. The number of carbonyl (C=O) groups excluding carboxylic acids is 3. The highest BCUT2D eigenvalue weighted by molar-refractivity contribution is 6.05. The maximum Gasteiger partial charge on any atom is 0.433 e. The van der Waals surface area contributed by atoms with Crippen molar-refractivity contribution in [2.24, 2.45) is 5.92 Å². The number of pyridine rings is 2. The number of rotatable bonds is 14. The number of hydrogen-bond acceptors (Lipinski definition) is 10. The van der Waals surface area contributed by atoms with E-state index in [0.717, 1.165) is 61.9 Å². The normalized spacial score (nSPS) is 17.5. The lowest BCUT2D eigenvalue weighted by Crippen LogP contribution is -2.50. The molecule has 1 aromatic carbocycles. The van der Waals surface area contributed by atoms with Crippen molar-refractivity contribution in [3.63, 3.8) is 0 Å². The Hall–Kier alpha value is -5.87. The van der Waals surface area contributed by atoms with Crippen LogP contribution in [0.15, 0.2) is 61.1 Å². The van der Waals surface area contributed by atoms with Gasteiger partial charge >= 0.3 is 12.2 Å². The molecule has 60 heavy (non-hydrogen) atoms. The third kappa shape index (κ3) is 10.3. The molecule has 2 fully saturated rings. The van der Waals surface area contributed by atoms with Gasteiger partial charge in [-0.2, -0.15) is 18.3 Å². The zero-order chi connectivity index (χ0) is 42.4. The fraction of sp³-hybridized carbons (Fsp3) is 0.429. The van der Waals surface area contributed by atoms with Crippen LogP contribution < -0.4 is 20.9 Å². The van der Waals surface area contributed by atoms with Gasteiger partial charge in [-0.1, -0.05) is 17.9 Å². The van der Waals surface area contributed by atoms with Gasteiger partial charge in [0, 0.05) is 54.1 Å². The summed E-state index contributed by atoms with van der Waals surface area (Å²) in [7, 11) is 0. The number of alkyl halides is 3. The molecule has 5 heterocycles. The zero-order valence-electron chi connectivity index (χ0n) is 33.2. The number of anilines is 2. The Morgan fingerprint density at radius 3 is 2.62 bits per heavy atom. The zero-order valence-corrected chi connectivity index (χ0v) is 33.2. The van der Waals surface area contributed by atoms with E-state index in [1.165, 1.54) is 11.0 Å². The lowest BCUT2D eigenvalue weighted by molar-refractivity contribution is -0.141. The summed E-state index contributed by atoms with van der Waals surface area (Å²) in [5.41, 5.74) is -0.268. The van der Waals surface area contributed by atoms with Crippen LogP contribution in [0.4, 0.5) is 29.5 Å². The Kier molecular flexibility index (Phi) is 12.8. The highest BCUT2D eigenvalue weighted by Crippen LogP contribution is 2.36. The van der Waals surface area contributed by atoms with Gasteiger partial charge in [0.1, 0.15) is 29.5 Å². The van der Waals surface area contributed by atoms with Crippen molar-refractivity contribution in [1.82, 2.24) is 34.8 Å². The van der Waals surface area contributed by atoms with Crippen molar-refractivity contribution >= 4 is 45.9 Å². The fourth-order valence-corrected chi connectivity index (χ4v) is 7.37. The van der Waals surface area contributed by atoms with Crippen molar-refractivity contribution in [3.05, 3.63) is 83.6 Å². The van der Waals surface area contributed by atoms with Crippen molar-refractivity contribution in [1.29, 1.82) is 0 Å². The van der Waals surface area contributed by atoms with E-state index in [0.29, 0.717) is 54.8 Å². The Balaban J connectivity index is 0.798. The summed E-state index contributed by atoms with van der Waals surface area (Å²) in [6, 6.07) is 9.89. The fourth-order valence-electron chi connectivity index (χ4n) is 7.37. The van der Waals surface area contributed by atoms with Crippen molar-refractivity contribution < 1.29 is 42.1 Å². The number of halogens is 3. The van der Waals surface area contributed by atoms with Crippen LogP contribution in [0.5, 0.6) is 0 Å². The first kappa shape index (κ1) is 42.3. The molecule has 1 saturated heterocycles. The minimum atomic E-state index is -4.69. The molecule has 316 valence electrons. The van der Waals surface area contributed by atoms with Crippen molar-refractivity contribution in [3.8, 4) is 11.8 Å². The van der Waals surface area contributed by atoms with Crippen LogP contribution in [0.2, 0.25) is 0 Å². The van der Waals surface area contributed by atoms with Crippen LogP contribution in [0, 0.1) is 17.8 Å². The number of fused-ring (bicyclic) bond motifs is 2. The average molecular weight is 830 g/mol. The first-order valence-corrected chi connectivity index (χ1v) is 19.8. The number of aromatic nitrogens is 5. The van der Waals surface area contributed by atoms with E-state index < -0.39 is 35.1 Å². The Labute approximate surface area is 343 Å². The molecule has 1 aliphatic heterocycles. The van der Waals surface area contributed by atoms with E-state index in [4.69, 9.17) is 14.6 Å². The van der Waals surface area contributed by atoms with Crippen LogP contribution in [-0.4, -0.2) is 93.2 Å². The minimum Gasteiger partial charge on any atom is -0.386 e. The minimum absolute atomic E-state index is 0.179. The van der Waals surface area contributed by atoms with Gasteiger partial charge in [-0.15, -0.1) is 0 Å². The summed E-state index contributed by atoms with van der Waals surface area (Å²) in [4.78, 5) is 46.1. The molecule has 0 spiro atoms. The number of hydrogen-bond donors (Lipinski definition) is 4. The second-order valence-corrected chi connectivity index (χ2v) is 15.3. The first-order chi connectivity index (χ1) is 28.7. The second-order valence-electron chi connectivity index (χ2n) is 15.3. The van der Waals surface area contributed by atoms with Crippen LogP contribution >= 0.6 is 0 Å². The van der Waals surface area contributed by atoms with E-state index in [2.05, 4.69) is 37.8 Å². The predicted molar refractivity (Wildman–Crippen MR) is 215 cm³/mol. The third-order valence-electron chi connectivity index (χ3n) is 10.5. The molecule has 0 bridgehead atoms. The van der Waals surface area contributed by atoms with Crippen LogP contribution in [0.25, 0.3) is 16.6 Å². The predicted octanol–water partition coefficient (Wildman–Crippen LogP) is 5.43. The highest BCUT2D eigenvalue weighted by Gasteiger charge is 2.33. The molecule has 4 amide bonds. The summed E-state index contributed by atoms with van der Waals surface area (Å²) in [6.07, 6.45) is 4.72. The lowest BCUT2D eigenvalue weighted by atomic mass is 9.86. The Morgan fingerprint density at radius 1 is 1.05 bits per heavy atom. The third-order valence-corrected chi connectivity index (χ3v) is 10.5. The SMILES string of the molecule is CC(C)(O)c1cc2nn(C3CCC(CNCCOCCOCC#Cc4ccn5c(N6CCC(=O)NC6=O)cnc5c4)CC3)cc2cc1NC(=O)c1cccc(C(F)(F)F)n1. The Morgan fingerprint density at radius 2 is 1.85 bits per heavy atom. The number of imidazole rings is 1. The second kappa shape index (κ2) is 18.2. The lowest BCUT2D eigenvalue weighted by Gasteiger charge is -2.28. The van der Waals surface area contributed by atoms with E-state index in [-0.39, 0.29) is 30.7 Å². The molecule has 0 atom stereocenters. The molecule has 15 nitrogen and oxygen atoms in total. The van der Waals surface area contributed by atoms with Gasteiger partial charge in [-0.25, -0.2) is 14.8 Å². The van der Waals surface area contributed by atoms with Crippen LogP contribution in [0.1, 0.15) is 79.3 Å². The molecule has 0 unspecified atom stereocenters. The van der Waals surface area contributed by atoms with Gasteiger partial charge in [-0.3, -0.25) is 28.9 Å². The van der Waals surface area contributed by atoms with Crippen molar-refractivity contribution in [2.45, 2.75) is 63.8 Å². The number of urea groups is 1. The van der Waals surface area contributed by atoms with Gasteiger partial charge in [0.05, 0.1) is 43.2 Å². The number of imide groups is 1. The Bertz CT molecular complexity index is 2420. The molecule has 5 aromatic rings. The number of ether oxygens (including phenoxy) is 2. The number of benzene rings is 1. The van der Waals surface area contributed by atoms with Crippen LogP contribution in [-0.2, 0) is 26.0 Å². The van der Waals surface area contributed by atoms with Gasteiger partial charge < -0.3 is 25.2 Å². The first-order valence-electron chi connectivity index (χ1n) is 19.8. The largest absolute Gasteiger partial charge is 0.433 e. The highest BCUT2D eigenvalue weighted by atomic mass is 19.4. The number of nitrogens with zero attached hydrogens (tertiary/aromatic N) is 6. The molecule has 18 heteroatoms. The maximum absolute atomic E-state index is 13.2. The molecule has 2 aliphatic rings. The topological polar surface area (TPSA) is 177 Å². The number of aliphatic hydroxyl groups is 1. The molecular formula is C42H46F3N9O6. The monoisotopic (exact) mass is 829 g/mol. The number of carbonyl (C=O) groups is 3. The molecule has 4 aromatic heterocycles. The van der Waals surface area contributed by atoms with E-state index in [9.17, 15) is 32.7 Å². The molecular weight excluding hydrogens is 784 g/mol. The van der Waals surface area contributed by atoms with Gasteiger partial charge in [-0.05, 0) is 88.4 Å².